The van der Waals surface area contributed by atoms with E-state index in [4.69, 9.17) is 4.74 Å². The number of benzene rings is 1. The first kappa shape index (κ1) is 28.9. The zero-order valence-electron chi connectivity index (χ0n) is 22.8. The molecule has 194 valence electrons. The highest BCUT2D eigenvalue weighted by molar-refractivity contribution is 5.72. The van der Waals surface area contributed by atoms with Gasteiger partial charge in [0.1, 0.15) is 5.75 Å². The van der Waals surface area contributed by atoms with Gasteiger partial charge in [0.05, 0.1) is 0 Å². The van der Waals surface area contributed by atoms with Crippen molar-refractivity contribution >= 4 is 5.97 Å². The van der Waals surface area contributed by atoms with Gasteiger partial charge >= 0.3 is 5.97 Å². The molecule has 0 saturated heterocycles. The predicted molar refractivity (Wildman–Crippen MR) is 147 cm³/mol. The monoisotopic (exact) mass is 470 g/mol. The highest BCUT2D eigenvalue weighted by atomic mass is 16.5. The molecule has 0 aromatic heterocycles. The molecule has 0 amide bonds. The first-order valence-electron chi connectivity index (χ1n) is 14.9. The van der Waals surface area contributed by atoms with E-state index in [1.54, 1.807) is 0 Å². The third-order valence-corrected chi connectivity index (χ3v) is 8.03. The van der Waals surface area contributed by atoms with Crippen LogP contribution in [0, 0.1) is 18.8 Å². The van der Waals surface area contributed by atoms with Gasteiger partial charge in [0.15, 0.2) is 0 Å². The molecular formula is C32H54O2. The minimum absolute atomic E-state index is 0.0862. The summed E-state index contributed by atoms with van der Waals surface area (Å²) in [5.41, 5.74) is 2.69. The molecule has 2 nitrogen and oxygen atoms in total. The van der Waals surface area contributed by atoms with Gasteiger partial charge in [-0.15, -0.1) is 0 Å². The molecule has 34 heavy (non-hydrogen) atoms. The summed E-state index contributed by atoms with van der Waals surface area (Å²) in [5.74, 6) is 2.52. The smallest absolute Gasteiger partial charge is 0.311 e. The number of carbonyl (C=O) groups is 1. The van der Waals surface area contributed by atoms with E-state index in [1.807, 2.05) is 6.07 Å². The Morgan fingerprint density at radius 2 is 1.32 bits per heavy atom. The molecule has 1 aromatic rings. The van der Waals surface area contributed by atoms with Crippen LogP contribution in [0.5, 0.6) is 5.75 Å². The Morgan fingerprint density at radius 3 is 1.94 bits per heavy atom. The molecule has 0 N–H and O–H groups in total. The lowest BCUT2D eigenvalue weighted by Gasteiger charge is -2.28. The lowest BCUT2D eigenvalue weighted by molar-refractivity contribution is -0.134. The van der Waals surface area contributed by atoms with Crippen molar-refractivity contribution in [1.29, 1.82) is 0 Å². The third kappa shape index (κ3) is 12.4. The van der Waals surface area contributed by atoms with E-state index in [0.717, 1.165) is 31.1 Å². The van der Waals surface area contributed by atoms with Crippen molar-refractivity contribution in [2.45, 2.75) is 149 Å². The Kier molecular flexibility index (Phi) is 15.3. The van der Waals surface area contributed by atoms with Gasteiger partial charge in [0.25, 0.3) is 0 Å². The summed E-state index contributed by atoms with van der Waals surface area (Å²) in [7, 11) is 0. The standard InChI is InChI=1S/C32H54O2/c1-4-6-8-10-11-13-14-16-28-18-20-29(21-19-28)22-23-30-24-25-31(26-27(30)3)34-32(33)17-15-12-9-7-5-2/h24-26,28-29H,4-23H2,1-3H3. The second-order valence-electron chi connectivity index (χ2n) is 11.1. The molecule has 0 radical (unpaired) electrons. The van der Waals surface area contributed by atoms with Crippen molar-refractivity contribution in [1.82, 2.24) is 0 Å². The summed E-state index contributed by atoms with van der Waals surface area (Å²) in [4.78, 5) is 12.1. The number of aryl methyl sites for hydroxylation is 2. The zero-order chi connectivity index (χ0) is 24.4. The Labute approximate surface area is 211 Å². The fraction of sp³-hybridized carbons (Fsp3) is 0.781. The van der Waals surface area contributed by atoms with Crippen LogP contribution >= 0.6 is 0 Å². The maximum absolute atomic E-state index is 12.1. The number of hydrogen-bond donors (Lipinski definition) is 0. The Hall–Kier alpha value is -1.31. The molecule has 0 unspecified atom stereocenters. The lowest BCUT2D eigenvalue weighted by atomic mass is 9.77. The maximum atomic E-state index is 12.1. The van der Waals surface area contributed by atoms with Crippen molar-refractivity contribution in [2.75, 3.05) is 0 Å². The lowest BCUT2D eigenvalue weighted by Crippen LogP contribution is -2.15. The molecule has 1 fully saturated rings. The van der Waals surface area contributed by atoms with E-state index >= 15 is 0 Å². The van der Waals surface area contributed by atoms with Gasteiger partial charge in [-0.2, -0.15) is 0 Å². The van der Waals surface area contributed by atoms with Gasteiger partial charge in [0, 0.05) is 6.42 Å². The van der Waals surface area contributed by atoms with Crippen LogP contribution in [-0.4, -0.2) is 5.97 Å². The molecule has 0 bridgehead atoms. The van der Waals surface area contributed by atoms with Crippen molar-refractivity contribution in [3.63, 3.8) is 0 Å². The van der Waals surface area contributed by atoms with Crippen LogP contribution in [0.3, 0.4) is 0 Å². The van der Waals surface area contributed by atoms with Gasteiger partial charge in [-0.25, -0.2) is 0 Å². The molecule has 1 saturated carbocycles. The van der Waals surface area contributed by atoms with Crippen molar-refractivity contribution < 1.29 is 9.53 Å². The zero-order valence-corrected chi connectivity index (χ0v) is 22.8. The first-order valence-corrected chi connectivity index (χ1v) is 14.9. The molecule has 2 heteroatoms. The fourth-order valence-corrected chi connectivity index (χ4v) is 5.63. The molecule has 1 aromatic carbocycles. The maximum Gasteiger partial charge on any atom is 0.311 e. The topological polar surface area (TPSA) is 26.3 Å². The molecular weight excluding hydrogens is 416 g/mol. The molecule has 0 spiro atoms. The van der Waals surface area contributed by atoms with Crippen LogP contribution in [0.4, 0.5) is 0 Å². The number of unbranched alkanes of at least 4 members (excludes halogenated alkanes) is 10. The highest BCUT2D eigenvalue weighted by Gasteiger charge is 2.21. The van der Waals surface area contributed by atoms with Crippen LogP contribution in [0.25, 0.3) is 0 Å². The van der Waals surface area contributed by atoms with E-state index in [9.17, 15) is 4.79 Å². The van der Waals surface area contributed by atoms with Crippen molar-refractivity contribution in [2.24, 2.45) is 11.8 Å². The van der Waals surface area contributed by atoms with E-state index in [0.29, 0.717) is 12.2 Å². The van der Waals surface area contributed by atoms with E-state index < -0.39 is 0 Å². The average Bonchev–Trinajstić information content (AvgIpc) is 2.83. The summed E-state index contributed by atoms with van der Waals surface area (Å²) in [6.07, 6.45) is 26.0. The van der Waals surface area contributed by atoms with E-state index in [-0.39, 0.29) is 5.97 Å². The van der Waals surface area contributed by atoms with Crippen LogP contribution < -0.4 is 4.74 Å². The molecule has 1 aliphatic carbocycles. The van der Waals surface area contributed by atoms with Crippen LogP contribution in [0.15, 0.2) is 18.2 Å². The molecule has 0 heterocycles. The number of carbonyl (C=O) groups excluding carboxylic acids is 1. The van der Waals surface area contributed by atoms with Crippen LogP contribution in [0.1, 0.15) is 147 Å². The van der Waals surface area contributed by atoms with Gasteiger partial charge < -0.3 is 4.74 Å². The van der Waals surface area contributed by atoms with Gasteiger partial charge in [0.2, 0.25) is 0 Å². The summed E-state index contributed by atoms with van der Waals surface area (Å²) in [6.45, 7) is 6.67. The molecule has 2 rings (SSSR count). The van der Waals surface area contributed by atoms with Crippen LogP contribution in [-0.2, 0) is 11.2 Å². The van der Waals surface area contributed by atoms with E-state index in [1.165, 1.54) is 114 Å². The van der Waals surface area contributed by atoms with Crippen LogP contribution in [0.2, 0.25) is 0 Å². The molecule has 0 atom stereocenters. The summed E-state index contributed by atoms with van der Waals surface area (Å²) in [6, 6.07) is 6.24. The Morgan fingerprint density at radius 1 is 0.765 bits per heavy atom. The minimum Gasteiger partial charge on any atom is -0.427 e. The number of rotatable bonds is 18. The fourth-order valence-electron chi connectivity index (χ4n) is 5.63. The summed E-state index contributed by atoms with van der Waals surface area (Å²) >= 11 is 0. The third-order valence-electron chi connectivity index (χ3n) is 8.03. The summed E-state index contributed by atoms with van der Waals surface area (Å²) < 4.78 is 5.59. The van der Waals surface area contributed by atoms with Gasteiger partial charge in [-0.1, -0.05) is 123 Å². The minimum atomic E-state index is -0.0862. The second kappa shape index (κ2) is 18.0. The highest BCUT2D eigenvalue weighted by Crippen LogP contribution is 2.34. The predicted octanol–water partition coefficient (Wildman–Crippen LogP) is 10.1. The van der Waals surface area contributed by atoms with E-state index in [2.05, 4.69) is 32.9 Å². The molecule has 1 aliphatic rings. The Balaban J connectivity index is 1.59. The number of esters is 1. The number of hydrogen-bond acceptors (Lipinski definition) is 2. The first-order chi connectivity index (χ1) is 16.6. The Bertz CT molecular complexity index is 657. The SMILES string of the molecule is CCCCCCCCCC1CCC(CCc2ccc(OC(=O)CCCCCCC)cc2C)CC1. The van der Waals surface area contributed by atoms with Crippen molar-refractivity contribution in [3.05, 3.63) is 29.3 Å². The quantitative estimate of drug-likeness (QED) is 0.121. The molecule has 0 aliphatic heterocycles. The number of ether oxygens (including phenoxy) is 1. The average molecular weight is 471 g/mol. The second-order valence-corrected chi connectivity index (χ2v) is 11.1. The summed E-state index contributed by atoms with van der Waals surface area (Å²) in [5, 5.41) is 0. The normalized spacial score (nSPS) is 18.2. The van der Waals surface area contributed by atoms with Gasteiger partial charge in [-0.05, 0) is 61.3 Å². The van der Waals surface area contributed by atoms with Crippen molar-refractivity contribution in [3.8, 4) is 5.75 Å². The largest absolute Gasteiger partial charge is 0.427 e. The van der Waals surface area contributed by atoms with Gasteiger partial charge in [-0.3, -0.25) is 4.79 Å².